The lowest BCUT2D eigenvalue weighted by Crippen LogP contribution is -2.29. The largest absolute Gasteiger partial charge is 0.489 e. The van der Waals surface area contributed by atoms with E-state index >= 15 is 0 Å². The number of methoxy groups -OCH3 is 1. The molecular weight excluding hydrogens is 145 g/mol. The van der Waals surface area contributed by atoms with Crippen LogP contribution in [0.15, 0.2) is 23.8 Å². The van der Waals surface area contributed by atoms with Crippen LogP contribution in [0.1, 0.15) is 0 Å². The zero-order valence-electron chi connectivity index (χ0n) is 6.19. The quantitative estimate of drug-likeness (QED) is 0.448. The molecule has 0 amide bonds. The zero-order valence-corrected chi connectivity index (χ0v) is 6.19. The van der Waals surface area contributed by atoms with E-state index in [4.69, 9.17) is 14.8 Å². The molecule has 0 bridgehead atoms. The second kappa shape index (κ2) is 3.57. The van der Waals surface area contributed by atoms with Gasteiger partial charge in [-0.3, -0.25) is 0 Å². The van der Waals surface area contributed by atoms with Crippen molar-refractivity contribution in [1.29, 1.82) is 0 Å². The highest BCUT2D eigenvalue weighted by Crippen LogP contribution is 2.04. The normalized spacial score (nSPS) is 22.5. The Morgan fingerprint density at radius 1 is 1.64 bits per heavy atom. The van der Waals surface area contributed by atoms with E-state index in [2.05, 4.69) is 5.32 Å². The average Bonchev–Trinajstić information content (AvgIpc) is 2.05. The Hall–Kier alpha value is -0.775. The summed E-state index contributed by atoms with van der Waals surface area (Å²) in [6.45, 7) is 0. The first-order valence-electron chi connectivity index (χ1n) is 3.27. The lowest BCUT2D eigenvalue weighted by molar-refractivity contribution is 0.123. The smallest absolute Gasteiger partial charge is 0.423 e. The first kappa shape index (κ1) is 8.32. The third-order valence-corrected chi connectivity index (χ3v) is 1.43. The van der Waals surface area contributed by atoms with Gasteiger partial charge in [0, 0.05) is 7.11 Å². The fourth-order valence-corrected chi connectivity index (χ4v) is 0.788. The van der Waals surface area contributed by atoms with Gasteiger partial charge >= 0.3 is 7.12 Å². The van der Waals surface area contributed by atoms with Gasteiger partial charge in [0.05, 0.1) is 0 Å². The van der Waals surface area contributed by atoms with Crippen molar-refractivity contribution in [3.05, 3.63) is 23.8 Å². The Kier molecular flexibility index (Phi) is 2.70. The summed E-state index contributed by atoms with van der Waals surface area (Å²) in [5.41, 5.74) is 0.429. The van der Waals surface area contributed by atoms with Gasteiger partial charge in [-0.05, 0) is 17.7 Å². The second-order valence-electron chi connectivity index (χ2n) is 2.20. The van der Waals surface area contributed by atoms with Crippen LogP contribution in [-0.2, 0) is 4.74 Å². The Morgan fingerprint density at radius 2 is 2.36 bits per heavy atom. The van der Waals surface area contributed by atoms with Gasteiger partial charge in [0.15, 0.2) is 0 Å². The van der Waals surface area contributed by atoms with Crippen LogP contribution in [-0.4, -0.2) is 30.5 Å². The fourth-order valence-electron chi connectivity index (χ4n) is 0.788. The third kappa shape index (κ3) is 2.08. The molecule has 0 saturated heterocycles. The van der Waals surface area contributed by atoms with Gasteiger partial charge in [-0.2, -0.15) is 0 Å². The molecule has 0 aromatic rings. The van der Waals surface area contributed by atoms with E-state index in [0.29, 0.717) is 5.47 Å². The van der Waals surface area contributed by atoms with Crippen molar-refractivity contribution in [3.63, 3.8) is 0 Å². The number of hydrogen-bond donors (Lipinski definition) is 3. The molecule has 1 unspecified atom stereocenters. The summed E-state index contributed by atoms with van der Waals surface area (Å²) in [6, 6.07) is 0. The van der Waals surface area contributed by atoms with Gasteiger partial charge in [0.2, 0.25) is 0 Å². The molecule has 1 rings (SSSR count). The van der Waals surface area contributed by atoms with E-state index in [9.17, 15) is 0 Å². The molecule has 5 heteroatoms. The summed E-state index contributed by atoms with van der Waals surface area (Å²) in [5, 5.41) is 20.2. The molecule has 1 aliphatic heterocycles. The van der Waals surface area contributed by atoms with E-state index in [-0.39, 0.29) is 6.23 Å². The van der Waals surface area contributed by atoms with Crippen LogP contribution >= 0.6 is 0 Å². The highest BCUT2D eigenvalue weighted by atomic mass is 16.5. The lowest BCUT2D eigenvalue weighted by Gasteiger charge is -2.16. The molecule has 1 atom stereocenters. The number of nitrogens with one attached hydrogen (secondary N) is 1. The second-order valence-corrected chi connectivity index (χ2v) is 2.20. The topological polar surface area (TPSA) is 61.7 Å². The first-order chi connectivity index (χ1) is 5.24. The first-order valence-corrected chi connectivity index (χ1v) is 3.27. The Bertz CT molecular complexity index is 190. The van der Waals surface area contributed by atoms with Crippen molar-refractivity contribution in [1.82, 2.24) is 5.32 Å². The van der Waals surface area contributed by atoms with Crippen molar-refractivity contribution >= 4 is 7.12 Å². The molecule has 0 fully saturated rings. The minimum absolute atomic E-state index is 0.169. The van der Waals surface area contributed by atoms with Crippen molar-refractivity contribution in [2.45, 2.75) is 6.23 Å². The fraction of sp³-hybridized carbons (Fsp3) is 0.333. The minimum Gasteiger partial charge on any atom is -0.423 e. The number of ether oxygens (including phenoxy) is 1. The van der Waals surface area contributed by atoms with E-state index < -0.39 is 7.12 Å². The highest BCUT2D eigenvalue weighted by Gasteiger charge is 2.15. The molecule has 0 spiro atoms. The van der Waals surface area contributed by atoms with Crippen molar-refractivity contribution in [2.75, 3.05) is 7.11 Å². The predicted octanol–water partition coefficient (Wildman–Crippen LogP) is -0.986. The number of rotatable bonds is 2. The van der Waals surface area contributed by atoms with E-state index in [1.54, 1.807) is 19.3 Å². The number of allylic oxidation sites excluding steroid dienone is 2. The third-order valence-electron chi connectivity index (χ3n) is 1.43. The summed E-state index contributed by atoms with van der Waals surface area (Å²) in [7, 11) is 0.146. The molecule has 1 heterocycles. The van der Waals surface area contributed by atoms with Crippen LogP contribution in [0.3, 0.4) is 0 Å². The summed E-state index contributed by atoms with van der Waals surface area (Å²) < 4.78 is 4.91. The van der Waals surface area contributed by atoms with Crippen LogP contribution in [0.5, 0.6) is 0 Å². The Morgan fingerprint density at radius 3 is 2.73 bits per heavy atom. The maximum absolute atomic E-state index is 8.69. The summed E-state index contributed by atoms with van der Waals surface area (Å²) in [5.74, 6) is 0. The van der Waals surface area contributed by atoms with E-state index in [1.165, 1.54) is 6.20 Å². The van der Waals surface area contributed by atoms with Crippen LogP contribution in [0, 0.1) is 0 Å². The van der Waals surface area contributed by atoms with Gasteiger partial charge in [0.25, 0.3) is 0 Å². The van der Waals surface area contributed by atoms with Crippen molar-refractivity contribution in [3.8, 4) is 0 Å². The van der Waals surface area contributed by atoms with Crippen LogP contribution < -0.4 is 5.32 Å². The van der Waals surface area contributed by atoms with Crippen molar-refractivity contribution in [2.24, 2.45) is 0 Å². The van der Waals surface area contributed by atoms with Gasteiger partial charge < -0.3 is 20.1 Å². The van der Waals surface area contributed by atoms with Crippen LogP contribution in [0.2, 0.25) is 0 Å². The molecule has 60 valence electrons. The molecule has 0 aromatic carbocycles. The van der Waals surface area contributed by atoms with E-state index in [0.717, 1.165) is 0 Å². The molecular formula is C6H10BNO3. The van der Waals surface area contributed by atoms with E-state index in [1.807, 2.05) is 0 Å². The average molecular weight is 155 g/mol. The van der Waals surface area contributed by atoms with Gasteiger partial charge in [-0.15, -0.1) is 0 Å². The zero-order chi connectivity index (χ0) is 8.27. The van der Waals surface area contributed by atoms with Gasteiger partial charge in [0.1, 0.15) is 6.23 Å². The predicted molar refractivity (Wildman–Crippen MR) is 41.3 cm³/mol. The molecule has 0 radical (unpaired) electrons. The monoisotopic (exact) mass is 155 g/mol. The van der Waals surface area contributed by atoms with Gasteiger partial charge in [-0.1, -0.05) is 6.08 Å². The highest BCUT2D eigenvalue weighted by molar-refractivity contribution is 6.51. The molecule has 11 heavy (non-hydrogen) atoms. The molecule has 3 N–H and O–H groups in total. The molecule has 4 nitrogen and oxygen atoms in total. The van der Waals surface area contributed by atoms with Crippen LogP contribution in [0.25, 0.3) is 0 Å². The summed E-state index contributed by atoms with van der Waals surface area (Å²) >= 11 is 0. The summed E-state index contributed by atoms with van der Waals surface area (Å²) in [6.07, 6.45) is 4.65. The Balaban J connectivity index is 2.53. The minimum atomic E-state index is -1.42. The van der Waals surface area contributed by atoms with Gasteiger partial charge in [-0.25, -0.2) is 0 Å². The van der Waals surface area contributed by atoms with Crippen molar-refractivity contribution < 1.29 is 14.8 Å². The summed E-state index contributed by atoms with van der Waals surface area (Å²) in [4.78, 5) is 0. The molecule has 0 saturated carbocycles. The molecule has 1 aliphatic rings. The molecule has 0 aliphatic carbocycles. The maximum atomic E-state index is 8.69. The SMILES string of the molecule is COC1C=CC(B(O)O)=CN1. The molecule has 0 aromatic heterocycles. The number of dihydropyridines is 1. The van der Waals surface area contributed by atoms with Crippen LogP contribution in [0.4, 0.5) is 0 Å². The standard InChI is InChI=1S/C6H10BNO3/c1-11-6-3-2-5(4-8-6)7(9)10/h2-4,6,8-10H,1H3. The number of hydrogen-bond acceptors (Lipinski definition) is 4. The lowest BCUT2D eigenvalue weighted by atomic mass is 9.79. The maximum Gasteiger partial charge on any atom is 0.489 e. The Labute approximate surface area is 65.3 Å².